The third-order valence-corrected chi connectivity index (χ3v) is 12.1. The number of fused-ring (bicyclic) bond motifs is 11. The van der Waals surface area contributed by atoms with E-state index in [0.717, 1.165) is 71.5 Å². The smallest absolute Gasteiger partial charge is 0.167 e. The zero-order valence-corrected chi connectivity index (χ0v) is 32.2. The fraction of sp³-hybridized carbons (Fsp3) is 0. The molecule has 0 spiro atoms. The zero-order chi connectivity index (χ0) is 39.3. The van der Waals surface area contributed by atoms with E-state index in [1.807, 2.05) is 12.1 Å². The minimum atomic E-state index is 0.541. The second-order valence-electron chi connectivity index (χ2n) is 15.6. The highest BCUT2D eigenvalue weighted by Gasteiger charge is 2.22. The van der Waals surface area contributed by atoms with Crippen LogP contribution in [0.15, 0.2) is 199 Å². The molecule has 13 rings (SSSR count). The number of benzene rings is 10. The van der Waals surface area contributed by atoms with Gasteiger partial charge in [0.2, 0.25) is 0 Å². The van der Waals surface area contributed by atoms with Crippen LogP contribution in [0.5, 0.6) is 0 Å². The fourth-order valence-corrected chi connectivity index (χ4v) is 9.28. The van der Waals surface area contributed by atoms with Crippen molar-refractivity contribution in [3.63, 3.8) is 0 Å². The van der Waals surface area contributed by atoms with E-state index in [2.05, 4.69) is 187 Å². The summed E-state index contributed by atoms with van der Waals surface area (Å²) in [6.07, 6.45) is 0. The minimum Gasteiger partial charge on any atom is -0.455 e. The van der Waals surface area contributed by atoms with Crippen molar-refractivity contribution in [2.24, 2.45) is 0 Å². The SMILES string of the molecule is c1ccc2cc(-c3nc(-c4ccc5c(ccc6ccccc65)c4)nc(-c4cc(-n5c6ccccc6c6cc7ccccc7cc65)cc5c4oc4ccccc45)n3)ccc2c1. The first-order valence-corrected chi connectivity index (χ1v) is 20.3. The van der Waals surface area contributed by atoms with Gasteiger partial charge in [0.25, 0.3) is 0 Å². The molecule has 3 aromatic heterocycles. The molecule has 0 atom stereocenters. The Morgan fingerprint density at radius 3 is 1.72 bits per heavy atom. The molecule has 0 aliphatic heterocycles. The molecule has 0 unspecified atom stereocenters. The predicted molar refractivity (Wildman–Crippen MR) is 248 cm³/mol. The Morgan fingerprint density at radius 1 is 0.333 bits per heavy atom. The summed E-state index contributed by atoms with van der Waals surface area (Å²) >= 11 is 0. The first kappa shape index (κ1) is 32.9. The molecule has 10 aromatic carbocycles. The summed E-state index contributed by atoms with van der Waals surface area (Å²) in [6, 6.07) is 68.8. The highest BCUT2D eigenvalue weighted by molar-refractivity contribution is 6.15. The molecule has 5 nitrogen and oxygen atoms in total. The van der Waals surface area contributed by atoms with Gasteiger partial charge in [-0.2, -0.15) is 0 Å². The van der Waals surface area contributed by atoms with Gasteiger partial charge in [0.15, 0.2) is 17.5 Å². The van der Waals surface area contributed by atoms with E-state index in [0.29, 0.717) is 17.5 Å². The summed E-state index contributed by atoms with van der Waals surface area (Å²) in [6.45, 7) is 0. The van der Waals surface area contributed by atoms with Gasteiger partial charge in [-0.25, -0.2) is 15.0 Å². The van der Waals surface area contributed by atoms with Gasteiger partial charge < -0.3 is 8.98 Å². The van der Waals surface area contributed by atoms with E-state index in [4.69, 9.17) is 19.4 Å². The average Bonchev–Trinajstić information content (AvgIpc) is 3.85. The second-order valence-corrected chi connectivity index (χ2v) is 15.6. The van der Waals surface area contributed by atoms with Crippen molar-refractivity contribution in [1.29, 1.82) is 0 Å². The number of rotatable bonds is 4. The van der Waals surface area contributed by atoms with Crippen molar-refractivity contribution in [3.8, 4) is 39.9 Å². The second kappa shape index (κ2) is 12.7. The van der Waals surface area contributed by atoms with Gasteiger partial charge in [-0.05, 0) is 91.6 Å². The Kier molecular flexibility index (Phi) is 6.95. The van der Waals surface area contributed by atoms with Crippen molar-refractivity contribution in [1.82, 2.24) is 19.5 Å². The Balaban J connectivity index is 1.11. The molecule has 0 fully saturated rings. The van der Waals surface area contributed by atoms with Crippen molar-refractivity contribution in [2.75, 3.05) is 0 Å². The van der Waals surface area contributed by atoms with Crippen molar-refractivity contribution >= 4 is 86.8 Å². The van der Waals surface area contributed by atoms with Crippen molar-refractivity contribution in [3.05, 3.63) is 194 Å². The van der Waals surface area contributed by atoms with Crippen LogP contribution >= 0.6 is 0 Å². The molecule has 5 heteroatoms. The van der Waals surface area contributed by atoms with Crippen LogP contribution in [0.2, 0.25) is 0 Å². The number of hydrogen-bond donors (Lipinski definition) is 0. The maximum absolute atomic E-state index is 6.78. The highest BCUT2D eigenvalue weighted by Crippen LogP contribution is 2.41. The van der Waals surface area contributed by atoms with Crippen LogP contribution in [0, 0.1) is 0 Å². The molecule has 3 heterocycles. The number of nitrogens with zero attached hydrogens (tertiary/aromatic N) is 4. The highest BCUT2D eigenvalue weighted by atomic mass is 16.3. The fourth-order valence-electron chi connectivity index (χ4n) is 9.28. The molecule has 0 radical (unpaired) electrons. The van der Waals surface area contributed by atoms with Gasteiger partial charge in [0.05, 0.1) is 16.6 Å². The topological polar surface area (TPSA) is 56.7 Å². The molecule has 0 aliphatic carbocycles. The van der Waals surface area contributed by atoms with Crippen LogP contribution in [0.3, 0.4) is 0 Å². The standard InChI is InChI=1S/C55H32N4O/c1-2-13-35-27-39(24-21-33(35)11-1)53-56-54(40-25-26-43-38(28-40)23-22-34-12-5-6-16-42(34)43)58-55(57-53)48-32-41(31-47-45-18-8-10-20-51(45)60-52(47)48)59-49-19-9-7-17-44(49)46-29-36-14-3-4-15-37(36)30-50(46)59/h1-32H. The molecular formula is C55H32N4O. The zero-order valence-electron chi connectivity index (χ0n) is 32.2. The van der Waals surface area contributed by atoms with Gasteiger partial charge in [-0.3, -0.25) is 0 Å². The number of furan rings is 1. The molecule has 60 heavy (non-hydrogen) atoms. The maximum Gasteiger partial charge on any atom is 0.167 e. The molecule has 0 saturated heterocycles. The van der Waals surface area contributed by atoms with Gasteiger partial charge in [-0.1, -0.05) is 146 Å². The average molecular weight is 765 g/mol. The van der Waals surface area contributed by atoms with E-state index < -0.39 is 0 Å². The lowest BCUT2D eigenvalue weighted by Crippen LogP contribution is -2.02. The molecule has 0 N–H and O–H groups in total. The van der Waals surface area contributed by atoms with Gasteiger partial charge in [0.1, 0.15) is 11.2 Å². The lowest BCUT2D eigenvalue weighted by molar-refractivity contribution is 0.669. The Labute approximate surface area is 343 Å². The van der Waals surface area contributed by atoms with Gasteiger partial charge in [-0.15, -0.1) is 0 Å². The van der Waals surface area contributed by atoms with Crippen LogP contribution in [-0.4, -0.2) is 19.5 Å². The summed E-state index contributed by atoms with van der Waals surface area (Å²) in [5, 5.41) is 13.9. The molecule has 0 saturated carbocycles. The lowest BCUT2D eigenvalue weighted by Gasteiger charge is -2.13. The monoisotopic (exact) mass is 764 g/mol. The molecule has 278 valence electrons. The number of aromatic nitrogens is 4. The van der Waals surface area contributed by atoms with Crippen LogP contribution < -0.4 is 0 Å². The number of hydrogen-bond acceptors (Lipinski definition) is 4. The van der Waals surface area contributed by atoms with Crippen molar-refractivity contribution < 1.29 is 4.42 Å². The largest absolute Gasteiger partial charge is 0.455 e. The molecule has 0 aliphatic rings. The van der Waals surface area contributed by atoms with E-state index in [-0.39, 0.29) is 0 Å². The molecule has 13 aromatic rings. The van der Waals surface area contributed by atoms with E-state index in [1.54, 1.807) is 0 Å². The van der Waals surface area contributed by atoms with Crippen LogP contribution in [0.4, 0.5) is 0 Å². The van der Waals surface area contributed by atoms with Gasteiger partial charge in [0, 0.05) is 38.4 Å². The first-order chi connectivity index (χ1) is 29.7. The maximum atomic E-state index is 6.78. The summed E-state index contributed by atoms with van der Waals surface area (Å²) in [5.74, 6) is 1.73. The third kappa shape index (κ3) is 5.03. The minimum absolute atomic E-state index is 0.541. The summed E-state index contributed by atoms with van der Waals surface area (Å²) < 4.78 is 9.16. The van der Waals surface area contributed by atoms with Crippen LogP contribution in [-0.2, 0) is 0 Å². The molecule has 0 bridgehead atoms. The Hall–Kier alpha value is -8.15. The summed E-state index contributed by atoms with van der Waals surface area (Å²) in [4.78, 5) is 15.9. The third-order valence-electron chi connectivity index (χ3n) is 12.1. The first-order valence-electron chi connectivity index (χ1n) is 20.3. The lowest BCUT2D eigenvalue weighted by atomic mass is 10.00. The van der Waals surface area contributed by atoms with E-state index >= 15 is 0 Å². The van der Waals surface area contributed by atoms with E-state index in [9.17, 15) is 0 Å². The summed E-state index contributed by atoms with van der Waals surface area (Å²) in [5.41, 5.74) is 7.41. The quantitative estimate of drug-likeness (QED) is 0.167. The Bertz CT molecular complexity index is 3910. The Morgan fingerprint density at radius 2 is 0.900 bits per heavy atom. The van der Waals surface area contributed by atoms with Crippen molar-refractivity contribution in [2.45, 2.75) is 0 Å². The van der Waals surface area contributed by atoms with Crippen LogP contribution in [0.25, 0.3) is 127 Å². The summed E-state index contributed by atoms with van der Waals surface area (Å²) in [7, 11) is 0. The normalized spacial score (nSPS) is 12.0. The molecular weight excluding hydrogens is 733 g/mol. The molecule has 0 amide bonds. The van der Waals surface area contributed by atoms with Crippen LogP contribution in [0.1, 0.15) is 0 Å². The van der Waals surface area contributed by atoms with Gasteiger partial charge >= 0.3 is 0 Å². The van der Waals surface area contributed by atoms with E-state index in [1.165, 1.54) is 37.7 Å². The number of para-hydroxylation sites is 2. The predicted octanol–water partition coefficient (Wildman–Crippen LogP) is 14.5.